The van der Waals surface area contributed by atoms with Crippen molar-refractivity contribution < 1.29 is 19.4 Å². The minimum Gasteiger partial charge on any atom is -0.481 e. The minimum absolute atomic E-state index is 0.0647. The van der Waals surface area contributed by atoms with Crippen LogP contribution in [-0.4, -0.2) is 40.8 Å². The lowest BCUT2D eigenvalue weighted by molar-refractivity contribution is -0.137. The lowest BCUT2D eigenvalue weighted by Crippen LogP contribution is -2.47. The van der Waals surface area contributed by atoms with Crippen molar-refractivity contribution in [2.75, 3.05) is 6.61 Å². The summed E-state index contributed by atoms with van der Waals surface area (Å²) < 4.78 is 4.97. The van der Waals surface area contributed by atoms with Gasteiger partial charge in [0.25, 0.3) is 0 Å². The maximum atomic E-state index is 11.5. The van der Waals surface area contributed by atoms with Crippen molar-refractivity contribution in [3.63, 3.8) is 0 Å². The molecule has 1 saturated carbocycles. The second kappa shape index (κ2) is 4.08. The number of cyclic esters (lactones) is 1. The van der Waals surface area contributed by atoms with E-state index in [0.29, 0.717) is 19.1 Å². The van der Waals surface area contributed by atoms with Gasteiger partial charge in [0.15, 0.2) is 0 Å². The molecule has 84 valence electrons. The van der Waals surface area contributed by atoms with Gasteiger partial charge in [-0.1, -0.05) is 0 Å². The van der Waals surface area contributed by atoms with Crippen molar-refractivity contribution in [1.82, 2.24) is 4.90 Å². The molecule has 1 atom stereocenters. The molecule has 1 aliphatic heterocycles. The summed E-state index contributed by atoms with van der Waals surface area (Å²) in [5.41, 5.74) is 0. The molecule has 0 aromatic heterocycles. The molecule has 1 unspecified atom stereocenters. The molecule has 0 radical (unpaired) electrons. The maximum absolute atomic E-state index is 11.5. The molecule has 2 aliphatic rings. The van der Waals surface area contributed by atoms with Gasteiger partial charge in [-0.3, -0.25) is 4.79 Å². The van der Waals surface area contributed by atoms with Crippen LogP contribution in [0.3, 0.4) is 0 Å². The number of aliphatic carboxylic acids is 1. The molecule has 0 spiro atoms. The van der Waals surface area contributed by atoms with Crippen LogP contribution in [0.2, 0.25) is 0 Å². The quantitative estimate of drug-likeness (QED) is 0.762. The summed E-state index contributed by atoms with van der Waals surface area (Å²) >= 11 is 0. The molecule has 2 fully saturated rings. The van der Waals surface area contributed by atoms with Crippen LogP contribution in [0, 0.1) is 0 Å². The number of carbonyl (C=O) groups excluding carboxylic acids is 1. The Kier molecular flexibility index (Phi) is 2.79. The third-order valence-electron chi connectivity index (χ3n) is 2.91. The average Bonchev–Trinajstić information content (AvgIpc) is 2.98. The largest absolute Gasteiger partial charge is 0.481 e. The van der Waals surface area contributed by atoms with Gasteiger partial charge in [0, 0.05) is 24.9 Å². The van der Waals surface area contributed by atoms with Gasteiger partial charge in [0.1, 0.15) is 0 Å². The zero-order valence-electron chi connectivity index (χ0n) is 8.52. The SMILES string of the molecule is O=C(O)CCC1CCOC(=O)N1C1CC1. The van der Waals surface area contributed by atoms with E-state index in [4.69, 9.17) is 9.84 Å². The fourth-order valence-corrected chi connectivity index (χ4v) is 2.02. The third-order valence-corrected chi connectivity index (χ3v) is 2.91. The molecule has 0 aromatic carbocycles. The molecule has 1 aliphatic carbocycles. The highest BCUT2D eigenvalue weighted by Crippen LogP contribution is 2.33. The predicted molar refractivity (Wildman–Crippen MR) is 51.5 cm³/mol. The van der Waals surface area contributed by atoms with Crippen LogP contribution in [0.4, 0.5) is 4.79 Å². The van der Waals surface area contributed by atoms with Gasteiger partial charge < -0.3 is 14.7 Å². The number of carboxylic acid groups (broad SMARTS) is 1. The van der Waals surface area contributed by atoms with Gasteiger partial charge in [-0.2, -0.15) is 0 Å². The van der Waals surface area contributed by atoms with E-state index in [0.717, 1.165) is 19.3 Å². The van der Waals surface area contributed by atoms with E-state index in [1.54, 1.807) is 4.90 Å². The molecule has 1 N–H and O–H groups in total. The fraction of sp³-hybridized carbons (Fsp3) is 0.800. The summed E-state index contributed by atoms with van der Waals surface area (Å²) in [5.74, 6) is -0.801. The standard InChI is InChI=1S/C10H15NO4/c12-9(13)4-3-8-5-6-15-10(14)11(8)7-1-2-7/h7-8H,1-6H2,(H,12,13). The molecular weight excluding hydrogens is 198 g/mol. The van der Waals surface area contributed by atoms with E-state index >= 15 is 0 Å². The summed E-state index contributed by atoms with van der Waals surface area (Å²) in [6.07, 6.45) is 3.22. The van der Waals surface area contributed by atoms with Crippen LogP contribution in [0.5, 0.6) is 0 Å². The Morgan fingerprint density at radius 3 is 2.80 bits per heavy atom. The Labute approximate surface area is 88.0 Å². The van der Waals surface area contributed by atoms with Crippen LogP contribution in [0.1, 0.15) is 32.1 Å². The summed E-state index contributed by atoms with van der Waals surface area (Å²) in [6.45, 7) is 0.423. The molecule has 1 heterocycles. The Bertz CT molecular complexity index is 275. The first kappa shape index (κ1) is 10.3. The highest BCUT2D eigenvalue weighted by molar-refractivity contribution is 5.70. The zero-order valence-corrected chi connectivity index (χ0v) is 8.52. The van der Waals surface area contributed by atoms with Crippen molar-refractivity contribution in [3.05, 3.63) is 0 Å². The van der Waals surface area contributed by atoms with E-state index < -0.39 is 5.97 Å². The van der Waals surface area contributed by atoms with E-state index in [1.807, 2.05) is 0 Å². The number of carboxylic acids is 1. The molecule has 5 heteroatoms. The Morgan fingerprint density at radius 2 is 2.20 bits per heavy atom. The Morgan fingerprint density at radius 1 is 1.47 bits per heavy atom. The normalized spacial score (nSPS) is 26.3. The van der Waals surface area contributed by atoms with Crippen LogP contribution in [0.15, 0.2) is 0 Å². The smallest absolute Gasteiger partial charge is 0.410 e. The van der Waals surface area contributed by atoms with Crippen molar-refractivity contribution >= 4 is 12.1 Å². The molecule has 5 nitrogen and oxygen atoms in total. The summed E-state index contributed by atoms with van der Waals surface area (Å²) in [7, 11) is 0. The molecule has 1 amide bonds. The van der Waals surface area contributed by atoms with Crippen molar-refractivity contribution in [1.29, 1.82) is 0 Å². The molecule has 15 heavy (non-hydrogen) atoms. The topological polar surface area (TPSA) is 66.8 Å². The van der Waals surface area contributed by atoms with Crippen LogP contribution in [-0.2, 0) is 9.53 Å². The molecular formula is C10H15NO4. The first-order chi connectivity index (χ1) is 7.18. The number of hydrogen-bond acceptors (Lipinski definition) is 3. The summed E-state index contributed by atoms with van der Waals surface area (Å²) in [6, 6.07) is 0.367. The van der Waals surface area contributed by atoms with E-state index in [2.05, 4.69) is 0 Å². The zero-order chi connectivity index (χ0) is 10.8. The summed E-state index contributed by atoms with van der Waals surface area (Å²) in [5, 5.41) is 8.62. The number of ether oxygens (including phenoxy) is 1. The highest BCUT2D eigenvalue weighted by atomic mass is 16.6. The van der Waals surface area contributed by atoms with Gasteiger partial charge in [0.2, 0.25) is 0 Å². The van der Waals surface area contributed by atoms with E-state index in [1.165, 1.54) is 0 Å². The highest BCUT2D eigenvalue weighted by Gasteiger charge is 2.40. The van der Waals surface area contributed by atoms with Crippen LogP contribution >= 0.6 is 0 Å². The average molecular weight is 213 g/mol. The Hall–Kier alpha value is -1.26. The van der Waals surface area contributed by atoms with Crippen LogP contribution in [0.25, 0.3) is 0 Å². The monoisotopic (exact) mass is 213 g/mol. The lowest BCUT2D eigenvalue weighted by Gasteiger charge is -2.34. The van der Waals surface area contributed by atoms with Gasteiger partial charge in [-0.15, -0.1) is 0 Å². The minimum atomic E-state index is -0.801. The van der Waals surface area contributed by atoms with Gasteiger partial charge in [-0.05, 0) is 19.3 Å². The number of carbonyl (C=O) groups is 2. The lowest BCUT2D eigenvalue weighted by atomic mass is 10.1. The van der Waals surface area contributed by atoms with Crippen LogP contribution < -0.4 is 0 Å². The van der Waals surface area contributed by atoms with Gasteiger partial charge >= 0.3 is 12.1 Å². The van der Waals surface area contributed by atoms with Crippen molar-refractivity contribution in [2.24, 2.45) is 0 Å². The number of amides is 1. The summed E-state index contributed by atoms with van der Waals surface area (Å²) in [4.78, 5) is 23.7. The Balaban J connectivity index is 1.93. The molecule has 2 rings (SSSR count). The number of rotatable bonds is 4. The van der Waals surface area contributed by atoms with Gasteiger partial charge in [0.05, 0.1) is 6.61 Å². The third kappa shape index (κ3) is 2.40. The second-order valence-electron chi connectivity index (χ2n) is 4.13. The van der Waals surface area contributed by atoms with Crippen molar-refractivity contribution in [3.8, 4) is 0 Å². The molecule has 0 aromatic rings. The maximum Gasteiger partial charge on any atom is 0.410 e. The number of nitrogens with zero attached hydrogens (tertiary/aromatic N) is 1. The second-order valence-corrected chi connectivity index (χ2v) is 4.13. The molecule has 0 bridgehead atoms. The fourth-order valence-electron chi connectivity index (χ4n) is 2.02. The van der Waals surface area contributed by atoms with Crippen molar-refractivity contribution in [2.45, 2.75) is 44.2 Å². The number of hydrogen-bond donors (Lipinski definition) is 1. The predicted octanol–water partition coefficient (Wildman–Crippen LogP) is 1.22. The van der Waals surface area contributed by atoms with E-state index in [-0.39, 0.29) is 18.6 Å². The van der Waals surface area contributed by atoms with E-state index in [9.17, 15) is 9.59 Å². The van der Waals surface area contributed by atoms with Gasteiger partial charge in [-0.25, -0.2) is 4.79 Å². The first-order valence-corrected chi connectivity index (χ1v) is 5.35. The first-order valence-electron chi connectivity index (χ1n) is 5.35. The molecule has 1 saturated heterocycles.